The number of para-hydroxylation sites is 1. The summed E-state index contributed by atoms with van der Waals surface area (Å²) in [7, 11) is 0. The van der Waals surface area contributed by atoms with Gasteiger partial charge in [-0.05, 0) is 81.5 Å². The number of nitrogens with one attached hydrogen (secondary N) is 7. The van der Waals surface area contributed by atoms with Crippen LogP contribution in [0.3, 0.4) is 0 Å². The summed E-state index contributed by atoms with van der Waals surface area (Å²) in [4.78, 5) is 106. The summed E-state index contributed by atoms with van der Waals surface area (Å²) >= 11 is 0. The highest BCUT2D eigenvalue weighted by molar-refractivity contribution is 5.98. The quantitative estimate of drug-likeness (QED) is 0.0530. The standard InChI is InChI=1S/C44H62N12O7/c1-27(57)51-35(24-28-12-3-2-4-13-28)40(60)54-34-18-10-21-48-38(58)32(17-9-22-49-44(46)47)52-41(61)36(25-29-26-50-31-15-6-5-14-30(29)31)55-39(59)33(16-7-8-20-45)53-42(62)37-19-11-23-56(37)43(34)63/h2-6,12-15,26,32-37,50H,7-11,16-25,45H2,1H3,(H,48,58)(H,51,57)(H,52,61)(H,53,62)(H,54,60)(H,55,59)(H4,46,47,49)/t32-,33-,34-,35-,36-,37-/m0/s1. The van der Waals surface area contributed by atoms with E-state index >= 15 is 0 Å². The zero-order valence-electron chi connectivity index (χ0n) is 35.8. The average molecular weight is 871 g/mol. The van der Waals surface area contributed by atoms with Crippen LogP contribution in [0.5, 0.6) is 0 Å². The Bertz CT molecular complexity index is 2090. The fourth-order valence-corrected chi connectivity index (χ4v) is 8.05. The Hall–Kier alpha value is -6.50. The molecule has 13 N–H and O–H groups in total. The van der Waals surface area contributed by atoms with E-state index in [2.05, 4.69) is 41.9 Å². The van der Waals surface area contributed by atoms with Gasteiger partial charge in [0.15, 0.2) is 5.96 Å². The van der Waals surface area contributed by atoms with E-state index in [1.807, 2.05) is 54.6 Å². The van der Waals surface area contributed by atoms with Crippen LogP contribution in [-0.4, -0.2) is 120 Å². The Morgan fingerprint density at radius 3 is 2.25 bits per heavy atom. The molecule has 2 aliphatic heterocycles. The maximum absolute atomic E-state index is 14.5. The molecular weight excluding hydrogens is 809 g/mol. The highest BCUT2D eigenvalue weighted by atomic mass is 16.2. The number of hydrogen-bond donors (Lipinski definition) is 10. The Kier molecular flexibility index (Phi) is 17.8. The highest BCUT2D eigenvalue weighted by Crippen LogP contribution is 2.22. The lowest BCUT2D eigenvalue weighted by molar-refractivity contribution is -0.142. The van der Waals surface area contributed by atoms with E-state index in [1.165, 1.54) is 11.8 Å². The number of benzene rings is 2. The van der Waals surface area contributed by atoms with E-state index < -0.39 is 77.6 Å². The second-order valence-electron chi connectivity index (χ2n) is 16.1. The first-order valence-electron chi connectivity index (χ1n) is 21.8. The summed E-state index contributed by atoms with van der Waals surface area (Å²) in [6, 6.07) is 10.2. The van der Waals surface area contributed by atoms with E-state index in [9.17, 15) is 33.6 Å². The number of guanidine groups is 1. The van der Waals surface area contributed by atoms with Gasteiger partial charge in [-0.2, -0.15) is 0 Å². The van der Waals surface area contributed by atoms with Gasteiger partial charge in [-0.1, -0.05) is 48.5 Å². The summed E-state index contributed by atoms with van der Waals surface area (Å²) < 4.78 is 0. The smallest absolute Gasteiger partial charge is 0.245 e. The third kappa shape index (κ3) is 14.0. The maximum Gasteiger partial charge on any atom is 0.245 e. The van der Waals surface area contributed by atoms with Gasteiger partial charge in [0.25, 0.3) is 0 Å². The summed E-state index contributed by atoms with van der Waals surface area (Å²) in [5.41, 5.74) is 19.2. The summed E-state index contributed by atoms with van der Waals surface area (Å²) in [6.45, 7) is 2.12. The number of unbranched alkanes of at least 4 members (excludes halogenated alkanes) is 1. The number of rotatable bonds is 15. The molecule has 5 rings (SSSR count). The van der Waals surface area contributed by atoms with Crippen LogP contribution in [0.25, 0.3) is 10.9 Å². The molecule has 3 heterocycles. The monoisotopic (exact) mass is 870 g/mol. The number of fused-ring (bicyclic) bond motifs is 2. The number of aromatic amines is 1. The molecule has 63 heavy (non-hydrogen) atoms. The normalized spacial score (nSPS) is 22.0. The van der Waals surface area contributed by atoms with Gasteiger partial charge < -0.3 is 59.0 Å². The molecule has 0 unspecified atom stereocenters. The number of aromatic nitrogens is 1. The van der Waals surface area contributed by atoms with Gasteiger partial charge in [0.2, 0.25) is 41.4 Å². The number of amides is 7. The first kappa shape index (κ1) is 47.5. The highest BCUT2D eigenvalue weighted by Gasteiger charge is 2.40. The third-order valence-electron chi connectivity index (χ3n) is 11.3. The fourth-order valence-electron chi connectivity index (χ4n) is 8.05. The van der Waals surface area contributed by atoms with Crippen LogP contribution >= 0.6 is 0 Å². The van der Waals surface area contributed by atoms with Gasteiger partial charge in [0.05, 0.1) is 0 Å². The molecule has 1 aromatic heterocycles. The van der Waals surface area contributed by atoms with E-state index in [0.717, 1.165) is 22.0 Å². The topological polar surface area (TPSA) is 301 Å². The second-order valence-corrected chi connectivity index (χ2v) is 16.1. The number of nitrogens with zero attached hydrogens (tertiary/aromatic N) is 2. The van der Waals surface area contributed by atoms with Gasteiger partial charge >= 0.3 is 0 Å². The zero-order valence-corrected chi connectivity index (χ0v) is 35.8. The molecule has 2 fully saturated rings. The molecule has 2 saturated heterocycles. The molecule has 340 valence electrons. The molecule has 0 radical (unpaired) electrons. The maximum atomic E-state index is 14.5. The van der Waals surface area contributed by atoms with Crippen molar-refractivity contribution < 1.29 is 33.6 Å². The van der Waals surface area contributed by atoms with Crippen molar-refractivity contribution in [1.29, 1.82) is 0 Å². The lowest BCUT2D eigenvalue weighted by Gasteiger charge is -2.31. The van der Waals surface area contributed by atoms with E-state index in [4.69, 9.17) is 17.2 Å². The van der Waals surface area contributed by atoms with E-state index in [1.54, 1.807) is 6.20 Å². The van der Waals surface area contributed by atoms with Gasteiger partial charge in [-0.15, -0.1) is 0 Å². The van der Waals surface area contributed by atoms with Gasteiger partial charge in [0.1, 0.15) is 36.3 Å². The van der Waals surface area contributed by atoms with Crippen LogP contribution in [0.1, 0.15) is 75.8 Å². The molecule has 3 aromatic rings. The van der Waals surface area contributed by atoms with Crippen molar-refractivity contribution in [1.82, 2.24) is 41.8 Å². The van der Waals surface area contributed by atoms with Crippen molar-refractivity contribution in [3.05, 3.63) is 71.9 Å². The first-order chi connectivity index (χ1) is 30.3. The van der Waals surface area contributed by atoms with E-state index in [-0.39, 0.29) is 64.1 Å². The van der Waals surface area contributed by atoms with Crippen molar-refractivity contribution >= 4 is 58.2 Å². The van der Waals surface area contributed by atoms with Crippen molar-refractivity contribution in [3.63, 3.8) is 0 Å². The molecule has 0 bridgehead atoms. The molecule has 2 aliphatic rings. The zero-order chi connectivity index (χ0) is 45.3. The Morgan fingerprint density at radius 1 is 0.825 bits per heavy atom. The summed E-state index contributed by atoms with van der Waals surface area (Å²) in [6.07, 6.45) is 4.75. The van der Waals surface area contributed by atoms with Crippen LogP contribution in [0.4, 0.5) is 0 Å². The second kappa shape index (κ2) is 23.6. The van der Waals surface area contributed by atoms with Gasteiger partial charge in [-0.25, -0.2) is 0 Å². The minimum absolute atomic E-state index is 0.0551. The Morgan fingerprint density at radius 2 is 1.51 bits per heavy atom. The number of carbonyl (C=O) groups is 7. The first-order valence-corrected chi connectivity index (χ1v) is 21.8. The van der Waals surface area contributed by atoms with Gasteiger partial charge in [0, 0.05) is 56.5 Å². The molecule has 7 amide bonds. The van der Waals surface area contributed by atoms with Crippen LogP contribution in [0.2, 0.25) is 0 Å². The van der Waals surface area contributed by atoms with E-state index in [0.29, 0.717) is 38.6 Å². The number of carbonyl (C=O) groups excluding carboxylic acids is 7. The molecular formula is C44H62N12O7. The lowest BCUT2D eigenvalue weighted by atomic mass is 10.0. The van der Waals surface area contributed by atoms with Crippen molar-refractivity contribution in [2.45, 2.75) is 114 Å². The molecule has 6 atom stereocenters. The number of H-pyrrole nitrogens is 1. The Balaban J connectivity index is 1.46. The van der Waals surface area contributed by atoms with Crippen LogP contribution in [0.15, 0.2) is 65.8 Å². The van der Waals surface area contributed by atoms with Crippen LogP contribution in [-0.2, 0) is 46.4 Å². The van der Waals surface area contributed by atoms with Crippen molar-refractivity contribution in [2.24, 2.45) is 22.2 Å². The van der Waals surface area contributed by atoms with Crippen LogP contribution < -0.4 is 49.1 Å². The fraction of sp³-hybridized carbons (Fsp3) is 0.500. The number of hydrogen-bond acceptors (Lipinski definition) is 9. The summed E-state index contributed by atoms with van der Waals surface area (Å²) in [5, 5.41) is 17.8. The molecule has 0 aliphatic carbocycles. The minimum Gasteiger partial charge on any atom is -0.370 e. The largest absolute Gasteiger partial charge is 0.370 e. The lowest BCUT2D eigenvalue weighted by Crippen LogP contribution is -2.60. The Labute approximate surface area is 366 Å². The molecule has 0 spiro atoms. The predicted molar refractivity (Wildman–Crippen MR) is 237 cm³/mol. The predicted octanol–water partition coefficient (Wildman–Crippen LogP) is -0.519. The average Bonchev–Trinajstić information content (AvgIpc) is 3.92. The minimum atomic E-state index is -1.17. The molecule has 2 aromatic carbocycles. The molecule has 19 heteroatoms. The molecule has 19 nitrogen and oxygen atoms in total. The third-order valence-corrected chi connectivity index (χ3v) is 11.3. The SMILES string of the molecule is CC(=O)N[C@@H](Cc1ccccc1)C(=O)N[C@H]1CCCNC(=O)[C@H](CCCN=C(N)N)NC(=O)[C@H](Cc2c[nH]c3ccccc23)NC(=O)[C@H](CCCCN)NC(=O)[C@@H]2CCCN2C1=O. The van der Waals surface area contributed by atoms with Crippen molar-refractivity contribution in [2.75, 3.05) is 26.2 Å². The van der Waals surface area contributed by atoms with Crippen LogP contribution in [0, 0.1) is 0 Å². The van der Waals surface area contributed by atoms with Crippen molar-refractivity contribution in [3.8, 4) is 0 Å². The number of nitrogens with two attached hydrogens (primary N) is 3. The summed E-state index contributed by atoms with van der Waals surface area (Å²) in [5.74, 6) is -3.98. The number of aliphatic imine (C=N–C) groups is 1. The van der Waals surface area contributed by atoms with Gasteiger partial charge in [-0.3, -0.25) is 38.6 Å². The molecule has 0 saturated carbocycles.